The molecule has 0 saturated heterocycles. The zero-order valence-corrected chi connectivity index (χ0v) is 12.8. The van der Waals surface area contributed by atoms with Crippen LogP contribution < -0.4 is 0 Å². The van der Waals surface area contributed by atoms with E-state index < -0.39 is 23.8 Å². The molecule has 3 aromatic heterocycles. The summed E-state index contributed by atoms with van der Waals surface area (Å²) in [4.78, 5) is 32.7. The van der Waals surface area contributed by atoms with Crippen LogP contribution in [0.2, 0.25) is 0 Å². The summed E-state index contributed by atoms with van der Waals surface area (Å²) in [7, 11) is 0. The second-order valence-corrected chi connectivity index (χ2v) is 5.41. The van der Waals surface area contributed by atoms with Crippen LogP contribution in [-0.2, 0) is 13.0 Å². The number of carbonyl (C=O) groups excluding carboxylic acids is 1. The molecule has 0 unspecified atom stereocenters. The van der Waals surface area contributed by atoms with Gasteiger partial charge in [0, 0.05) is 25.4 Å². The van der Waals surface area contributed by atoms with E-state index in [2.05, 4.69) is 24.9 Å². The van der Waals surface area contributed by atoms with Crippen molar-refractivity contribution < 1.29 is 18.0 Å². The molecule has 25 heavy (non-hydrogen) atoms. The zero-order valence-electron chi connectivity index (χ0n) is 12.8. The van der Waals surface area contributed by atoms with E-state index in [9.17, 15) is 13.6 Å². The number of fused-ring (bicyclic) bond motifs is 1. The first-order valence-corrected chi connectivity index (χ1v) is 7.50. The number of nitrogens with one attached hydrogen (secondary N) is 1. The minimum Gasteiger partial charge on any atom is -0.428 e. The molecule has 0 fully saturated rings. The van der Waals surface area contributed by atoms with Crippen LogP contribution in [0.3, 0.4) is 0 Å². The first-order valence-electron chi connectivity index (χ1n) is 7.50. The van der Waals surface area contributed by atoms with Crippen molar-refractivity contribution in [3.05, 3.63) is 47.6 Å². The van der Waals surface area contributed by atoms with Crippen LogP contribution in [0.15, 0.2) is 29.2 Å². The van der Waals surface area contributed by atoms with E-state index in [1.807, 2.05) is 0 Å². The molecule has 0 aliphatic carbocycles. The largest absolute Gasteiger partial charge is 0.428 e. The van der Waals surface area contributed by atoms with Gasteiger partial charge >= 0.3 is 0 Å². The fourth-order valence-electron chi connectivity index (χ4n) is 2.67. The third-order valence-corrected chi connectivity index (χ3v) is 3.87. The predicted molar refractivity (Wildman–Crippen MR) is 79.5 cm³/mol. The molecule has 0 bridgehead atoms. The van der Waals surface area contributed by atoms with Gasteiger partial charge in [0.2, 0.25) is 11.6 Å². The van der Waals surface area contributed by atoms with Crippen LogP contribution in [0.1, 0.15) is 34.1 Å². The Morgan fingerprint density at radius 2 is 2.08 bits per heavy atom. The van der Waals surface area contributed by atoms with E-state index >= 15 is 0 Å². The Morgan fingerprint density at radius 1 is 1.28 bits per heavy atom. The summed E-state index contributed by atoms with van der Waals surface area (Å²) >= 11 is 0. The number of aromatic amines is 1. The van der Waals surface area contributed by atoms with Gasteiger partial charge in [-0.25, -0.2) is 28.7 Å². The van der Waals surface area contributed by atoms with E-state index in [-0.39, 0.29) is 18.3 Å². The molecule has 1 aliphatic heterocycles. The van der Waals surface area contributed by atoms with Gasteiger partial charge in [0.1, 0.15) is 0 Å². The summed E-state index contributed by atoms with van der Waals surface area (Å²) in [6.45, 7) is 0.603. The molecule has 10 heteroatoms. The maximum Gasteiger partial charge on any atom is 0.292 e. The van der Waals surface area contributed by atoms with Gasteiger partial charge < -0.3 is 14.3 Å². The fourth-order valence-corrected chi connectivity index (χ4v) is 2.67. The maximum atomic E-state index is 13.3. The lowest BCUT2D eigenvalue weighted by Gasteiger charge is -2.25. The van der Waals surface area contributed by atoms with Gasteiger partial charge in [-0.3, -0.25) is 4.79 Å². The van der Waals surface area contributed by atoms with Gasteiger partial charge in [-0.15, -0.1) is 0 Å². The monoisotopic (exact) mass is 346 g/mol. The van der Waals surface area contributed by atoms with Crippen molar-refractivity contribution in [2.45, 2.75) is 19.4 Å². The van der Waals surface area contributed by atoms with Gasteiger partial charge in [0.25, 0.3) is 18.2 Å². The molecule has 1 aliphatic rings. The number of imidazole rings is 1. The number of hydrogen-bond acceptors (Lipinski definition) is 6. The summed E-state index contributed by atoms with van der Waals surface area (Å²) in [5.74, 6) is -1.30. The lowest BCUT2D eigenvalue weighted by Crippen LogP contribution is -2.36. The van der Waals surface area contributed by atoms with Crippen LogP contribution in [0.5, 0.6) is 0 Å². The Hall–Kier alpha value is -3.17. The van der Waals surface area contributed by atoms with Gasteiger partial charge in [-0.05, 0) is 6.07 Å². The minimum atomic E-state index is -2.95. The van der Waals surface area contributed by atoms with Gasteiger partial charge in [-0.1, -0.05) is 0 Å². The number of nitrogens with zero attached hydrogens (tertiary/aromatic N) is 5. The normalized spacial score (nSPS) is 14.0. The highest BCUT2D eigenvalue weighted by atomic mass is 19.3. The van der Waals surface area contributed by atoms with Crippen molar-refractivity contribution >= 4 is 5.91 Å². The van der Waals surface area contributed by atoms with Crippen LogP contribution in [0, 0.1) is 0 Å². The second-order valence-electron chi connectivity index (χ2n) is 5.41. The molecule has 8 nitrogen and oxygen atoms in total. The number of aromatic nitrogens is 5. The number of carbonyl (C=O) groups is 1. The Kier molecular flexibility index (Phi) is 3.71. The second kappa shape index (κ2) is 6.04. The smallest absolute Gasteiger partial charge is 0.292 e. The molecule has 4 heterocycles. The number of halogens is 2. The molecule has 0 atom stereocenters. The summed E-state index contributed by atoms with van der Waals surface area (Å²) in [6.07, 6.45) is 1.99. The number of oxazole rings is 1. The molecule has 4 rings (SSSR count). The van der Waals surface area contributed by atoms with E-state index in [0.717, 1.165) is 11.4 Å². The summed E-state index contributed by atoms with van der Waals surface area (Å²) in [5.41, 5.74) is 0.946. The molecular formula is C15H12F2N6O2. The van der Waals surface area contributed by atoms with Crippen molar-refractivity contribution in [1.82, 2.24) is 29.8 Å². The van der Waals surface area contributed by atoms with E-state index in [4.69, 9.17) is 4.42 Å². The zero-order chi connectivity index (χ0) is 17.4. The molecule has 1 N–H and O–H groups in total. The third kappa shape index (κ3) is 2.75. The van der Waals surface area contributed by atoms with Gasteiger partial charge in [0.15, 0.2) is 5.69 Å². The molecule has 0 aromatic carbocycles. The van der Waals surface area contributed by atoms with Crippen molar-refractivity contribution in [2.24, 2.45) is 0 Å². The summed E-state index contributed by atoms with van der Waals surface area (Å²) in [6, 6.07) is 1.57. The minimum absolute atomic E-state index is 0.0398. The molecule has 0 saturated carbocycles. The Balaban J connectivity index is 1.67. The Labute approximate surface area is 139 Å². The van der Waals surface area contributed by atoms with Crippen LogP contribution in [0.25, 0.3) is 11.7 Å². The standard InChI is InChI=1S/C15H12F2N6O2/c16-12(17)10-11(25-14(22-10)13-18-3-1-4-19-13)15(24)23-5-2-8-9(6-23)21-7-20-8/h1,3-4,7,12H,2,5-6H2,(H,20,21). The molecule has 0 radical (unpaired) electrons. The highest BCUT2D eigenvalue weighted by Gasteiger charge is 2.32. The average molecular weight is 346 g/mol. The fraction of sp³-hybridized carbons (Fsp3) is 0.267. The summed E-state index contributed by atoms with van der Waals surface area (Å²) in [5, 5.41) is 0. The van der Waals surface area contributed by atoms with E-state index in [1.54, 1.807) is 12.4 Å². The number of amides is 1. The van der Waals surface area contributed by atoms with Crippen molar-refractivity contribution in [2.75, 3.05) is 6.54 Å². The maximum absolute atomic E-state index is 13.3. The molecule has 1 amide bonds. The van der Waals surface area contributed by atoms with E-state index in [0.29, 0.717) is 13.0 Å². The highest BCUT2D eigenvalue weighted by Crippen LogP contribution is 2.29. The van der Waals surface area contributed by atoms with Gasteiger partial charge in [0.05, 0.1) is 24.3 Å². The Morgan fingerprint density at radius 3 is 2.84 bits per heavy atom. The quantitative estimate of drug-likeness (QED) is 0.778. The van der Waals surface area contributed by atoms with Crippen LogP contribution in [-0.4, -0.2) is 42.3 Å². The van der Waals surface area contributed by atoms with E-state index in [1.165, 1.54) is 17.3 Å². The predicted octanol–water partition coefficient (Wildman–Crippen LogP) is 1.99. The topological polar surface area (TPSA) is 101 Å². The van der Waals surface area contributed by atoms with Crippen molar-refractivity contribution in [3.8, 4) is 11.7 Å². The number of H-pyrrole nitrogens is 1. The lowest BCUT2D eigenvalue weighted by atomic mass is 10.1. The Bertz CT molecular complexity index is 908. The third-order valence-electron chi connectivity index (χ3n) is 3.87. The molecular weight excluding hydrogens is 334 g/mol. The first kappa shape index (κ1) is 15.4. The number of rotatable bonds is 3. The lowest BCUT2D eigenvalue weighted by molar-refractivity contribution is 0.0684. The number of hydrogen-bond donors (Lipinski definition) is 1. The number of alkyl halides is 2. The summed E-state index contributed by atoms with van der Waals surface area (Å²) < 4.78 is 32.0. The first-order chi connectivity index (χ1) is 12.1. The molecule has 3 aromatic rings. The van der Waals surface area contributed by atoms with Crippen LogP contribution in [0.4, 0.5) is 8.78 Å². The highest BCUT2D eigenvalue weighted by molar-refractivity contribution is 5.93. The molecule has 0 spiro atoms. The molecule has 128 valence electrons. The SMILES string of the molecule is O=C(c1oc(-c2ncccn2)nc1C(F)F)N1CCc2nc[nH]c2C1. The van der Waals surface area contributed by atoms with Crippen molar-refractivity contribution in [3.63, 3.8) is 0 Å². The van der Waals surface area contributed by atoms with Crippen molar-refractivity contribution in [1.29, 1.82) is 0 Å². The van der Waals surface area contributed by atoms with Crippen LogP contribution >= 0.6 is 0 Å². The average Bonchev–Trinajstić information content (AvgIpc) is 3.28. The van der Waals surface area contributed by atoms with Gasteiger partial charge in [-0.2, -0.15) is 0 Å².